The minimum Gasteiger partial charge on any atom is -0.455 e. The Labute approximate surface area is 339 Å². The third-order valence-corrected chi connectivity index (χ3v) is 11.7. The van der Waals surface area contributed by atoms with Gasteiger partial charge in [-0.3, -0.25) is 0 Å². The second-order valence-electron chi connectivity index (χ2n) is 15.1. The molecule has 0 aliphatic carbocycles. The van der Waals surface area contributed by atoms with E-state index in [1.54, 1.807) is 0 Å². The van der Waals surface area contributed by atoms with E-state index >= 15 is 0 Å². The molecule has 12 aromatic rings. The summed E-state index contributed by atoms with van der Waals surface area (Å²) < 4.78 is 6.75. The van der Waals surface area contributed by atoms with E-state index in [4.69, 9.17) is 19.4 Å². The van der Waals surface area contributed by atoms with Gasteiger partial charge in [0, 0.05) is 33.0 Å². The molecule has 0 radical (unpaired) electrons. The highest BCUT2D eigenvalue weighted by Crippen LogP contribution is 2.43. The highest BCUT2D eigenvalue weighted by molar-refractivity contribution is 6.26. The molecule has 0 N–H and O–H groups in total. The zero-order valence-corrected chi connectivity index (χ0v) is 31.8. The molecule has 0 aliphatic rings. The zero-order chi connectivity index (χ0) is 38.9. The summed E-state index contributed by atoms with van der Waals surface area (Å²) in [6, 6.07) is 70.2. The lowest BCUT2D eigenvalue weighted by molar-refractivity contribution is 0.672. The first-order chi connectivity index (χ1) is 29.2. The number of para-hydroxylation sites is 1. The first-order valence-electron chi connectivity index (χ1n) is 19.9. The summed E-state index contributed by atoms with van der Waals surface area (Å²) in [6.45, 7) is 0. The molecule has 0 amide bonds. The van der Waals surface area contributed by atoms with E-state index in [0.717, 1.165) is 83.3 Å². The van der Waals surface area contributed by atoms with Gasteiger partial charge in [-0.15, -0.1) is 0 Å². The molecule has 3 aromatic heterocycles. The molecule has 59 heavy (non-hydrogen) atoms. The van der Waals surface area contributed by atoms with Gasteiger partial charge in [0.15, 0.2) is 5.82 Å². The van der Waals surface area contributed by atoms with Crippen molar-refractivity contribution in [3.8, 4) is 56.3 Å². The molecule has 0 spiro atoms. The van der Waals surface area contributed by atoms with Gasteiger partial charge in [-0.2, -0.15) is 0 Å². The van der Waals surface area contributed by atoms with E-state index in [-0.39, 0.29) is 0 Å². The van der Waals surface area contributed by atoms with Crippen LogP contribution in [0.25, 0.3) is 121 Å². The largest absolute Gasteiger partial charge is 0.455 e. The fourth-order valence-corrected chi connectivity index (χ4v) is 8.81. The molecule has 0 saturated heterocycles. The number of hydrogen-bond acceptors (Lipinski definition) is 4. The van der Waals surface area contributed by atoms with Crippen LogP contribution in [0.3, 0.4) is 0 Å². The summed E-state index contributed by atoms with van der Waals surface area (Å²) in [4.78, 5) is 15.4. The summed E-state index contributed by atoms with van der Waals surface area (Å²) in [5.41, 5.74) is 11.6. The average Bonchev–Trinajstić information content (AvgIpc) is 3.72. The Kier molecular flexibility index (Phi) is 7.50. The Morgan fingerprint density at radius 2 is 0.797 bits per heavy atom. The van der Waals surface area contributed by atoms with Crippen molar-refractivity contribution in [2.24, 2.45) is 0 Å². The smallest absolute Gasteiger partial charge is 0.160 e. The van der Waals surface area contributed by atoms with Gasteiger partial charge in [0.2, 0.25) is 0 Å². The van der Waals surface area contributed by atoms with E-state index in [1.807, 2.05) is 48.5 Å². The number of pyridine rings is 1. The van der Waals surface area contributed by atoms with Gasteiger partial charge in [-0.25, -0.2) is 15.0 Å². The highest BCUT2D eigenvalue weighted by atomic mass is 16.3. The molecule has 12 rings (SSSR count). The van der Waals surface area contributed by atoms with Crippen LogP contribution in [0.5, 0.6) is 0 Å². The van der Waals surface area contributed by atoms with Crippen LogP contribution >= 0.6 is 0 Å². The Morgan fingerprint density at radius 1 is 0.305 bits per heavy atom. The fraction of sp³-hybridized carbons (Fsp3) is 0. The van der Waals surface area contributed by atoms with Gasteiger partial charge in [0.05, 0.1) is 28.0 Å². The molecule has 0 fully saturated rings. The molecule has 0 atom stereocenters. The van der Waals surface area contributed by atoms with Gasteiger partial charge in [-0.05, 0) is 73.8 Å². The quantitative estimate of drug-likeness (QED) is 0.164. The second-order valence-corrected chi connectivity index (χ2v) is 15.1. The average molecular weight is 752 g/mol. The minimum absolute atomic E-state index is 0.702. The van der Waals surface area contributed by atoms with Crippen LogP contribution in [-0.4, -0.2) is 15.0 Å². The van der Waals surface area contributed by atoms with Crippen LogP contribution in [0, 0.1) is 0 Å². The van der Waals surface area contributed by atoms with Gasteiger partial charge in [0.1, 0.15) is 11.2 Å². The summed E-state index contributed by atoms with van der Waals surface area (Å²) >= 11 is 0. The first kappa shape index (κ1) is 33.2. The van der Waals surface area contributed by atoms with Gasteiger partial charge < -0.3 is 4.42 Å². The van der Waals surface area contributed by atoms with Crippen LogP contribution < -0.4 is 0 Å². The number of hydrogen-bond donors (Lipinski definition) is 0. The lowest BCUT2D eigenvalue weighted by Gasteiger charge is -2.13. The van der Waals surface area contributed by atoms with E-state index in [0.29, 0.717) is 5.82 Å². The summed E-state index contributed by atoms with van der Waals surface area (Å²) in [7, 11) is 0. The Hall–Kier alpha value is -7.95. The number of fused-ring (bicyclic) bond motifs is 11. The van der Waals surface area contributed by atoms with Crippen molar-refractivity contribution in [1.82, 2.24) is 15.0 Å². The molecule has 4 heteroatoms. The summed E-state index contributed by atoms with van der Waals surface area (Å²) in [5.74, 6) is 0.702. The molecule has 0 unspecified atom stereocenters. The Morgan fingerprint density at radius 3 is 1.47 bits per heavy atom. The second kappa shape index (κ2) is 13.3. The molecular formula is C55H33N3O. The lowest BCUT2D eigenvalue weighted by Crippen LogP contribution is -1.95. The maximum atomic E-state index is 6.75. The van der Waals surface area contributed by atoms with Crippen molar-refractivity contribution in [3.05, 3.63) is 200 Å². The molecule has 0 saturated carbocycles. The Balaban J connectivity index is 0.989. The van der Waals surface area contributed by atoms with Crippen molar-refractivity contribution < 1.29 is 4.42 Å². The summed E-state index contributed by atoms with van der Waals surface area (Å²) in [5, 5.41) is 10.5. The molecule has 274 valence electrons. The summed E-state index contributed by atoms with van der Waals surface area (Å²) in [6.07, 6.45) is 0. The van der Waals surface area contributed by atoms with Crippen molar-refractivity contribution in [1.29, 1.82) is 0 Å². The fourth-order valence-electron chi connectivity index (χ4n) is 8.81. The third-order valence-electron chi connectivity index (χ3n) is 11.7. The predicted molar refractivity (Wildman–Crippen MR) is 244 cm³/mol. The normalized spacial score (nSPS) is 11.7. The number of furan rings is 1. The van der Waals surface area contributed by atoms with Crippen LogP contribution in [0.2, 0.25) is 0 Å². The number of aromatic nitrogens is 3. The molecule has 0 aliphatic heterocycles. The molecule has 4 nitrogen and oxygen atoms in total. The molecule has 0 bridgehead atoms. The minimum atomic E-state index is 0.702. The maximum Gasteiger partial charge on any atom is 0.160 e. The van der Waals surface area contributed by atoms with E-state index in [9.17, 15) is 0 Å². The highest BCUT2D eigenvalue weighted by Gasteiger charge is 2.20. The number of nitrogens with zero attached hydrogens (tertiary/aromatic N) is 3. The predicted octanol–water partition coefficient (Wildman–Crippen LogP) is 14.7. The Bertz CT molecular complexity index is 3500. The van der Waals surface area contributed by atoms with E-state index in [2.05, 4.69) is 152 Å². The van der Waals surface area contributed by atoms with Crippen LogP contribution in [0.1, 0.15) is 0 Å². The monoisotopic (exact) mass is 751 g/mol. The lowest BCUT2D eigenvalue weighted by atomic mass is 9.92. The van der Waals surface area contributed by atoms with Gasteiger partial charge >= 0.3 is 0 Å². The zero-order valence-electron chi connectivity index (χ0n) is 31.8. The molecular weight excluding hydrogens is 719 g/mol. The van der Waals surface area contributed by atoms with Crippen molar-refractivity contribution in [3.63, 3.8) is 0 Å². The first-order valence-corrected chi connectivity index (χ1v) is 19.9. The van der Waals surface area contributed by atoms with Gasteiger partial charge in [0.25, 0.3) is 0 Å². The van der Waals surface area contributed by atoms with Crippen LogP contribution in [0.15, 0.2) is 205 Å². The van der Waals surface area contributed by atoms with Crippen LogP contribution in [0.4, 0.5) is 0 Å². The molecule has 3 heterocycles. The maximum absolute atomic E-state index is 6.75. The standard InChI is InChI=1S/C55H33N3O/c1-3-13-35(14-4-1)49-33-50(58-55(57-49)37-15-5-2-6-16-37)36-25-23-34(24-26-36)38-28-30-48-47(31-38)54-52(45-21-11-12-22-51(45)59-54)53(56-48)39-27-29-44-42-19-8-7-17-40(42)41-18-9-10-20-43(41)46(44)32-39/h1-33H. The van der Waals surface area contributed by atoms with Crippen molar-refractivity contribution >= 4 is 65.2 Å². The van der Waals surface area contributed by atoms with Crippen molar-refractivity contribution in [2.45, 2.75) is 0 Å². The van der Waals surface area contributed by atoms with E-state index < -0.39 is 0 Å². The van der Waals surface area contributed by atoms with Crippen LogP contribution in [-0.2, 0) is 0 Å². The number of rotatable bonds is 5. The van der Waals surface area contributed by atoms with Gasteiger partial charge in [-0.1, -0.05) is 170 Å². The third kappa shape index (κ3) is 5.49. The SMILES string of the molecule is c1ccc(-c2cc(-c3ccc(-c4ccc5nc(-c6ccc7c8ccccc8c8ccccc8c7c6)c6c7ccccc7oc6c5c4)cc3)nc(-c3ccccc3)n2)cc1. The van der Waals surface area contributed by atoms with E-state index in [1.165, 1.54) is 32.3 Å². The van der Waals surface area contributed by atoms with Crippen molar-refractivity contribution in [2.75, 3.05) is 0 Å². The molecule has 9 aromatic carbocycles. The number of benzene rings is 9. The topological polar surface area (TPSA) is 51.8 Å².